The van der Waals surface area contributed by atoms with Crippen molar-refractivity contribution in [1.29, 1.82) is 0 Å². The summed E-state index contributed by atoms with van der Waals surface area (Å²) in [5, 5.41) is 2.90. The minimum absolute atomic E-state index is 0.0193. The normalized spacial score (nSPS) is 11.5. The summed E-state index contributed by atoms with van der Waals surface area (Å²) in [7, 11) is 2.01. The van der Waals surface area contributed by atoms with Crippen LogP contribution in [0.25, 0.3) is 0 Å². The molecular formula is C22H28N2O3. The van der Waals surface area contributed by atoms with Crippen molar-refractivity contribution in [1.82, 2.24) is 5.32 Å². The molecule has 0 aromatic heterocycles. The van der Waals surface area contributed by atoms with Gasteiger partial charge in [0.1, 0.15) is 11.5 Å². The number of ether oxygens (including phenoxy) is 1. The van der Waals surface area contributed by atoms with Gasteiger partial charge in [-0.1, -0.05) is 30.3 Å². The summed E-state index contributed by atoms with van der Waals surface area (Å²) in [6, 6.07) is 17.7. The summed E-state index contributed by atoms with van der Waals surface area (Å²) in [5.41, 5.74) is 2.19. The SMILES string of the molecule is CC(=O)CCc1ccc(OCC(=O)NCC(C)N(C)c2ccccc2)cc1. The molecule has 0 aliphatic heterocycles. The molecule has 0 saturated carbocycles. The summed E-state index contributed by atoms with van der Waals surface area (Å²) >= 11 is 0. The van der Waals surface area contributed by atoms with E-state index in [1.165, 1.54) is 0 Å². The molecule has 0 bridgehead atoms. The van der Waals surface area contributed by atoms with Crippen molar-refractivity contribution in [2.45, 2.75) is 32.7 Å². The smallest absolute Gasteiger partial charge is 0.258 e. The molecule has 1 atom stereocenters. The van der Waals surface area contributed by atoms with E-state index in [-0.39, 0.29) is 24.3 Å². The highest BCUT2D eigenvalue weighted by Gasteiger charge is 2.11. The fourth-order valence-corrected chi connectivity index (χ4v) is 2.59. The van der Waals surface area contributed by atoms with Crippen molar-refractivity contribution >= 4 is 17.4 Å². The Kier molecular flexibility index (Phi) is 7.86. The molecule has 2 aromatic carbocycles. The molecule has 5 nitrogen and oxygen atoms in total. The second kappa shape index (κ2) is 10.4. The van der Waals surface area contributed by atoms with Crippen LogP contribution in [0.3, 0.4) is 0 Å². The van der Waals surface area contributed by atoms with Crippen LogP contribution in [0.1, 0.15) is 25.8 Å². The number of anilines is 1. The van der Waals surface area contributed by atoms with Gasteiger partial charge in [0, 0.05) is 31.7 Å². The quantitative estimate of drug-likeness (QED) is 0.699. The maximum atomic E-state index is 12.0. The number of likely N-dealkylation sites (N-methyl/N-ethyl adjacent to an activating group) is 1. The lowest BCUT2D eigenvalue weighted by atomic mass is 10.1. The molecule has 1 N–H and O–H groups in total. The number of hydrogen-bond donors (Lipinski definition) is 1. The Bertz CT molecular complexity index is 729. The number of amides is 1. The van der Waals surface area contributed by atoms with Crippen molar-refractivity contribution in [3.63, 3.8) is 0 Å². The van der Waals surface area contributed by atoms with Crippen LogP contribution in [0.15, 0.2) is 54.6 Å². The minimum atomic E-state index is -0.149. The third-order valence-electron chi connectivity index (χ3n) is 4.48. The Balaban J connectivity index is 1.72. The number of hydrogen-bond acceptors (Lipinski definition) is 4. The van der Waals surface area contributed by atoms with E-state index >= 15 is 0 Å². The van der Waals surface area contributed by atoms with Crippen molar-refractivity contribution in [3.05, 3.63) is 60.2 Å². The number of benzene rings is 2. The molecule has 2 aromatic rings. The highest BCUT2D eigenvalue weighted by Crippen LogP contribution is 2.14. The lowest BCUT2D eigenvalue weighted by Crippen LogP contribution is -2.41. The van der Waals surface area contributed by atoms with E-state index in [4.69, 9.17) is 4.74 Å². The van der Waals surface area contributed by atoms with E-state index in [2.05, 4.69) is 17.1 Å². The van der Waals surface area contributed by atoms with Crippen LogP contribution < -0.4 is 15.0 Å². The Morgan fingerprint density at radius 3 is 2.37 bits per heavy atom. The van der Waals surface area contributed by atoms with Gasteiger partial charge in [-0.25, -0.2) is 0 Å². The fourth-order valence-electron chi connectivity index (χ4n) is 2.59. The number of carbonyl (C=O) groups excluding carboxylic acids is 2. The number of ketones is 1. The fraction of sp³-hybridized carbons (Fsp3) is 0.364. The summed E-state index contributed by atoms with van der Waals surface area (Å²) in [6.07, 6.45) is 1.27. The molecule has 0 fully saturated rings. The van der Waals surface area contributed by atoms with Crippen molar-refractivity contribution < 1.29 is 14.3 Å². The molecule has 1 amide bonds. The van der Waals surface area contributed by atoms with Crippen LogP contribution in [-0.4, -0.2) is 37.9 Å². The first-order valence-corrected chi connectivity index (χ1v) is 9.21. The second-order valence-corrected chi connectivity index (χ2v) is 6.73. The third kappa shape index (κ3) is 7.13. The maximum absolute atomic E-state index is 12.0. The Hall–Kier alpha value is -2.82. The molecule has 0 saturated heterocycles. The summed E-state index contributed by atoms with van der Waals surface area (Å²) in [6.45, 7) is 4.18. The van der Waals surface area contributed by atoms with Gasteiger partial charge in [0.2, 0.25) is 0 Å². The Morgan fingerprint density at radius 2 is 1.74 bits per heavy atom. The number of para-hydroxylation sites is 1. The van der Waals surface area contributed by atoms with E-state index in [1.807, 2.05) is 61.6 Å². The van der Waals surface area contributed by atoms with E-state index in [0.717, 1.165) is 17.7 Å². The first-order valence-electron chi connectivity index (χ1n) is 9.21. The zero-order chi connectivity index (χ0) is 19.6. The van der Waals surface area contributed by atoms with Gasteiger partial charge >= 0.3 is 0 Å². The summed E-state index contributed by atoms with van der Waals surface area (Å²) in [5.74, 6) is 0.675. The third-order valence-corrected chi connectivity index (χ3v) is 4.48. The highest BCUT2D eigenvalue weighted by molar-refractivity contribution is 5.77. The molecule has 0 radical (unpaired) electrons. The lowest BCUT2D eigenvalue weighted by Gasteiger charge is -2.27. The predicted molar refractivity (Wildman–Crippen MR) is 108 cm³/mol. The number of nitrogens with zero attached hydrogens (tertiary/aromatic N) is 1. The lowest BCUT2D eigenvalue weighted by molar-refractivity contribution is -0.123. The van der Waals surface area contributed by atoms with E-state index in [9.17, 15) is 9.59 Å². The number of rotatable bonds is 10. The van der Waals surface area contributed by atoms with Gasteiger partial charge in [-0.3, -0.25) is 4.79 Å². The molecule has 144 valence electrons. The van der Waals surface area contributed by atoms with Crippen LogP contribution in [0.5, 0.6) is 5.75 Å². The van der Waals surface area contributed by atoms with Gasteiger partial charge < -0.3 is 19.7 Å². The predicted octanol–water partition coefficient (Wildman–Crippen LogP) is 3.23. The number of Topliss-reactive ketones (excluding diaryl/α,β-unsaturated/α-hetero) is 1. The van der Waals surface area contributed by atoms with E-state index in [0.29, 0.717) is 18.7 Å². The van der Waals surface area contributed by atoms with Gasteiger partial charge in [0.15, 0.2) is 6.61 Å². The highest BCUT2D eigenvalue weighted by atomic mass is 16.5. The molecule has 0 aliphatic carbocycles. The zero-order valence-electron chi connectivity index (χ0n) is 16.3. The summed E-state index contributed by atoms with van der Waals surface area (Å²) < 4.78 is 5.53. The van der Waals surface area contributed by atoms with Gasteiger partial charge in [-0.15, -0.1) is 0 Å². The van der Waals surface area contributed by atoms with Crippen molar-refractivity contribution in [2.75, 3.05) is 25.1 Å². The molecular weight excluding hydrogens is 340 g/mol. The van der Waals surface area contributed by atoms with E-state index < -0.39 is 0 Å². The number of carbonyl (C=O) groups is 2. The van der Waals surface area contributed by atoms with Crippen LogP contribution in [-0.2, 0) is 16.0 Å². The van der Waals surface area contributed by atoms with Gasteiger partial charge in [0.05, 0.1) is 0 Å². The van der Waals surface area contributed by atoms with Gasteiger partial charge in [-0.05, 0) is 50.1 Å². The van der Waals surface area contributed by atoms with Crippen molar-refractivity contribution in [2.24, 2.45) is 0 Å². The van der Waals surface area contributed by atoms with Crippen LogP contribution in [0, 0.1) is 0 Å². The topological polar surface area (TPSA) is 58.6 Å². The van der Waals surface area contributed by atoms with Crippen molar-refractivity contribution in [3.8, 4) is 5.75 Å². The average Bonchev–Trinajstić information content (AvgIpc) is 2.69. The zero-order valence-corrected chi connectivity index (χ0v) is 16.3. The molecule has 0 spiro atoms. The molecule has 0 aliphatic rings. The molecule has 2 rings (SSSR count). The first-order chi connectivity index (χ1) is 13.0. The van der Waals surface area contributed by atoms with Crippen LogP contribution in [0.4, 0.5) is 5.69 Å². The molecule has 27 heavy (non-hydrogen) atoms. The van der Waals surface area contributed by atoms with Crippen LogP contribution in [0.2, 0.25) is 0 Å². The van der Waals surface area contributed by atoms with Gasteiger partial charge in [0.25, 0.3) is 5.91 Å². The maximum Gasteiger partial charge on any atom is 0.258 e. The average molecular weight is 368 g/mol. The monoisotopic (exact) mass is 368 g/mol. The Labute approximate surface area is 161 Å². The molecule has 5 heteroatoms. The summed E-state index contributed by atoms with van der Waals surface area (Å²) in [4.78, 5) is 25.2. The molecule has 1 unspecified atom stereocenters. The first kappa shape index (κ1) is 20.5. The second-order valence-electron chi connectivity index (χ2n) is 6.73. The van der Waals surface area contributed by atoms with Crippen LogP contribution >= 0.6 is 0 Å². The van der Waals surface area contributed by atoms with Gasteiger partial charge in [-0.2, -0.15) is 0 Å². The minimum Gasteiger partial charge on any atom is -0.484 e. The largest absolute Gasteiger partial charge is 0.484 e. The Morgan fingerprint density at radius 1 is 1.07 bits per heavy atom. The number of aryl methyl sites for hydroxylation is 1. The van der Waals surface area contributed by atoms with E-state index in [1.54, 1.807) is 6.92 Å². The standard InChI is InChI=1S/C22H28N2O3/c1-17(24(3)20-7-5-4-6-8-20)15-23-22(26)16-27-21-13-11-19(12-14-21)10-9-18(2)25/h4-8,11-14,17H,9-10,15-16H2,1-3H3,(H,23,26). The number of nitrogens with one attached hydrogen (secondary N) is 1. The molecule has 0 heterocycles.